The number of hydrogen-bond acceptors (Lipinski definition) is 4. The molecule has 2 aromatic rings. The van der Waals surface area contributed by atoms with Gasteiger partial charge in [0.05, 0.1) is 11.4 Å². The van der Waals surface area contributed by atoms with E-state index in [-0.39, 0.29) is 10.8 Å². The molecule has 0 saturated carbocycles. The van der Waals surface area contributed by atoms with Crippen LogP contribution in [0.4, 0.5) is 0 Å². The van der Waals surface area contributed by atoms with Gasteiger partial charge < -0.3 is 10.1 Å². The van der Waals surface area contributed by atoms with Crippen LogP contribution in [0.1, 0.15) is 40.9 Å². The molecule has 2 rings (SSSR count). The van der Waals surface area contributed by atoms with Crippen LogP contribution in [0.2, 0.25) is 0 Å². The minimum absolute atomic E-state index is 0.128. The Bertz CT molecular complexity index is 967. The number of rotatable bonds is 9. The Morgan fingerprint density at radius 2 is 1.69 bits per heavy atom. The van der Waals surface area contributed by atoms with E-state index < -0.39 is 10.0 Å². The molecule has 0 fully saturated rings. The van der Waals surface area contributed by atoms with E-state index in [1.54, 1.807) is 32.9 Å². The van der Waals surface area contributed by atoms with Crippen LogP contribution in [0.5, 0.6) is 5.75 Å². The van der Waals surface area contributed by atoms with Crippen molar-refractivity contribution in [2.45, 2.75) is 39.5 Å². The second kappa shape index (κ2) is 9.89. The smallest absolute Gasteiger partial charge is 0.251 e. The summed E-state index contributed by atoms with van der Waals surface area (Å²) in [5.74, 6) is 0.469. The van der Waals surface area contributed by atoms with E-state index >= 15 is 0 Å². The third-order valence-electron chi connectivity index (χ3n) is 4.77. The fourth-order valence-corrected chi connectivity index (χ4v) is 4.59. The van der Waals surface area contributed by atoms with Gasteiger partial charge in [0.15, 0.2) is 0 Å². The second-order valence-corrected chi connectivity index (χ2v) is 8.88. The first-order valence-electron chi connectivity index (χ1n) is 9.79. The predicted molar refractivity (Wildman–Crippen MR) is 115 cm³/mol. The Balaban J connectivity index is 2.05. The molecule has 0 spiro atoms. The molecular weight excluding hydrogens is 388 g/mol. The average molecular weight is 419 g/mol. The van der Waals surface area contributed by atoms with Crippen molar-refractivity contribution < 1.29 is 17.9 Å². The van der Waals surface area contributed by atoms with Gasteiger partial charge in [-0.05, 0) is 50.1 Å². The van der Waals surface area contributed by atoms with Gasteiger partial charge in [-0.3, -0.25) is 4.79 Å². The largest absolute Gasteiger partial charge is 0.491 e. The van der Waals surface area contributed by atoms with Crippen molar-refractivity contribution in [3.8, 4) is 5.75 Å². The van der Waals surface area contributed by atoms with Crippen molar-refractivity contribution in [3.05, 3.63) is 58.7 Å². The molecule has 7 heteroatoms. The van der Waals surface area contributed by atoms with Gasteiger partial charge in [-0.15, -0.1) is 0 Å². The molecule has 0 aliphatic carbocycles. The number of ether oxygens (including phenoxy) is 1. The SMILES string of the molecule is CCN(CC)S(=O)(=O)c1ccc(C)c(C(=O)NCCOc2ccc(C)cc2C)c1. The zero-order chi connectivity index (χ0) is 21.6. The van der Waals surface area contributed by atoms with Crippen LogP contribution in [-0.2, 0) is 10.0 Å². The maximum Gasteiger partial charge on any atom is 0.251 e. The molecule has 0 unspecified atom stereocenters. The lowest BCUT2D eigenvalue weighted by molar-refractivity contribution is 0.0946. The highest BCUT2D eigenvalue weighted by Crippen LogP contribution is 2.20. The molecule has 0 saturated heterocycles. The molecule has 158 valence electrons. The number of nitrogens with one attached hydrogen (secondary N) is 1. The van der Waals surface area contributed by atoms with Crippen LogP contribution < -0.4 is 10.1 Å². The van der Waals surface area contributed by atoms with E-state index in [4.69, 9.17) is 4.74 Å². The number of benzene rings is 2. The Morgan fingerprint density at radius 3 is 2.31 bits per heavy atom. The van der Waals surface area contributed by atoms with Gasteiger partial charge in [-0.25, -0.2) is 8.42 Å². The first-order valence-corrected chi connectivity index (χ1v) is 11.2. The summed E-state index contributed by atoms with van der Waals surface area (Å²) in [6.07, 6.45) is 0. The molecule has 0 aromatic heterocycles. The zero-order valence-electron chi connectivity index (χ0n) is 17.8. The van der Waals surface area contributed by atoms with E-state index in [1.165, 1.54) is 10.4 Å². The van der Waals surface area contributed by atoms with Crippen LogP contribution in [0, 0.1) is 20.8 Å². The van der Waals surface area contributed by atoms with E-state index in [0.29, 0.717) is 31.8 Å². The van der Waals surface area contributed by atoms with Crippen LogP contribution >= 0.6 is 0 Å². The minimum atomic E-state index is -3.61. The predicted octanol–water partition coefficient (Wildman–Crippen LogP) is 3.45. The topological polar surface area (TPSA) is 75.7 Å². The Labute approximate surface area is 173 Å². The molecule has 6 nitrogen and oxygen atoms in total. The lowest BCUT2D eigenvalue weighted by atomic mass is 10.1. The van der Waals surface area contributed by atoms with Crippen molar-refractivity contribution in [2.75, 3.05) is 26.2 Å². The first-order chi connectivity index (χ1) is 13.7. The van der Waals surface area contributed by atoms with Crippen molar-refractivity contribution in [2.24, 2.45) is 0 Å². The molecule has 0 aliphatic rings. The molecule has 0 bridgehead atoms. The van der Waals surface area contributed by atoms with E-state index in [9.17, 15) is 13.2 Å². The number of amides is 1. The molecule has 1 amide bonds. The molecule has 0 aliphatic heterocycles. The monoisotopic (exact) mass is 418 g/mol. The highest BCUT2D eigenvalue weighted by Gasteiger charge is 2.23. The average Bonchev–Trinajstić information content (AvgIpc) is 2.67. The van der Waals surface area contributed by atoms with Crippen molar-refractivity contribution in [1.29, 1.82) is 0 Å². The van der Waals surface area contributed by atoms with E-state index in [1.807, 2.05) is 32.0 Å². The van der Waals surface area contributed by atoms with Gasteiger partial charge in [0.25, 0.3) is 5.91 Å². The molecule has 0 atom stereocenters. The summed E-state index contributed by atoms with van der Waals surface area (Å²) in [5.41, 5.74) is 3.28. The minimum Gasteiger partial charge on any atom is -0.491 e. The molecule has 2 aromatic carbocycles. The van der Waals surface area contributed by atoms with Gasteiger partial charge in [0.1, 0.15) is 12.4 Å². The van der Waals surface area contributed by atoms with Crippen molar-refractivity contribution in [1.82, 2.24) is 9.62 Å². The normalized spacial score (nSPS) is 11.5. The number of carbonyl (C=O) groups excluding carboxylic acids is 1. The maximum atomic E-state index is 12.7. The number of hydrogen-bond donors (Lipinski definition) is 1. The first kappa shape index (κ1) is 22.9. The summed E-state index contributed by atoms with van der Waals surface area (Å²) < 4.78 is 32.6. The van der Waals surface area contributed by atoms with Crippen molar-refractivity contribution >= 4 is 15.9 Å². The summed E-state index contributed by atoms with van der Waals surface area (Å²) >= 11 is 0. The molecule has 1 N–H and O–H groups in total. The fraction of sp³-hybridized carbons (Fsp3) is 0.409. The third kappa shape index (κ3) is 5.58. The summed E-state index contributed by atoms with van der Waals surface area (Å²) in [7, 11) is -3.61. The summed E-state index contributed by atoms with van der Waals surface area (Å²) in [6, 6.07) is 10.6. The highest BCUT2D eigenvalue weighted by molar-refractivity contribution is 7.89. The Morgan fingerprint density at radius 1 is 1.00 bits per heavy atom. The van der Waals surface area contributed by atoms with Crippen LogP contribution in [0.25, 0.3) is 0 Å². The maximum absolute atomic E-state index is 12.7. The van der Waals surface area contributed by atoms with Gasteiger partial charge in [-0.2, -0.15) is 4.31 Å². The van der Waals surface area contributed by atoms with E-state index in [2.05, 4.69) is 5.32 Å². The highest BCUT2D eigenvalue weighted by atomic mass is 32.2. The summed E-state index contributed by atoms with van der Waals surface area (Å²) in [5, 5.41) is 2.80. The lowest BCUT2D eigenvalue weighted by Gasteiger charge is -2.19. The van der Waals surface area contributed by atoms with Crippen LogP contribution in [0.3, 0.4) is 0 Å². The molecular formula is C22H30N2O4S. The number of nitrogens with zero attached hydrogens (tertiary/aromatic N) is 1. The third-order valence-corrected chi connectivity index (χ3v) is 6.82. The van der Waals surface area contributed by atoms with Gasteiger partial charge in [0, 0.05) is 18.7 Å². The molecule has 29 heavy (non-hydrogen) atoms. The van der Waals surface area contributed by atoms with E-state index in [0.717, 1.165) is 22.4 Å². The standard InChI is InChI=1S/C22H30N2O4S/c1-6-24(7-2)29(26,27)19-10-9-17(4)20(15-19)22(25)23-12-13-28-21-11-8-16(3)14-18(21)5/h8-11,14-15H,6-7,12-13H2,1-5H3,(H,23,25). The fourth-order valence-electron chi connectivity index (χ4n) is 3.10. The van der Waals surface area contributed by atoms with Crippen LogP contribution in [-0.4, -0.2) is 44.9 Å². The van der Waals surface area contributed by atoms with Gasteiger partial charge >= 0.3 is 0 Å². The van der Waals surface area contributed by atoms with Crippen LogP contribution in [0.15, 0.2) is 41.3 Å². The molecule has 0 heterocycles. The Kier molecular flexibility index (Phi) is 7.81. The quantitative estimate of drug-likeness (QED) is 0.633. The summed E-state index contributed by atoms with van der Waals surface area (Å²) in [6.45, 7) is 10.8. The van der Waals surface area contributed by atoms with Gasteiger partial charge in [0.2, 0.25) is 10.0 Å². The zero-order valence-corrected chi connectivity index (χ0v) is 18.6. The Hall–Kier alpha value is -2.38. The summed E-state index contributed by atoms with van der Waals surface area (Å²) in [4.78, 5) is 12.7. The second-order valence-electron chi connectivity index (χ2n) is 6.94. The van der Waals surface area contributed by atoms with Gasteiger partial charge in [-0.1, -0.05) is 37.6 Å². The number of aryl methyl sites for hydroxylation is 3. The number of sulfonamides is 1. The molecule has 0 radical (unpaired) electrons. The lowest BCUT2D eigenvalue weighted by Crippen LogP contribution is -2.31. The van der Waals surface area contributed by atoms with Crippen molar-refractivity contribution in [3.63, 3.8) is 0 Å². The number of carbonyl (C=O) groups is 1.